The first-order chi connectivity index (χ1) is 8.81. The Morgan fingerprint density at radius 2 is 2.11 bits per heavy atom. The number of rotatable bonds is 4. The van der Waals surface area contributed by atoms with Crippen LogP contribution in [0.4, 0.5) is 0 Å². The highest BCUT2D eigenvalue weighted by molar-refractivity contribution is 5.76. The first-order valence-corrected chi connectivity index (χ1v) is 6.21. The van der Waals surface area contributed by atoms with Crippen LogP contribution in [0.3, 0.4) is 0 Å². The molecule has 0 aliphatic carbocycles. The van der Waals surface area contributed by atoms with Crippen LogP contribution in [0.5, 0.6) is 0 Å². The minimum atomic E-state index is -0.709. The van der Waals surface area contributed by atoms with E-state index in [1.807, 2.05) is 30.3 Å². The third-order valence-electron chi connectivity index (χ3n) is 2.94. The summed E-state index contributed by atoms with van der Waals surface area (Å²) in [6.07, 6.45) is 1.91. The largest absolute Gasteiger partial charge is 0.467 e. The summed E-state index contributed by atoms with van der Waals surface area (Å²) in [5, 5.41) is 0. The topological polar surface area (TPSA) is 44.8 Å². The Kier molecular flexibility index (Phi) is 4.73. The van der Waals surface area contributed by atoms with Crippen LogP contribution >= 0.6 is 0 Å². The van der Waals surface area contributed by atoms with E-state index in [2.05, 4.69) is 0 Å². The Hall–Kier alpha value is -1.39. The summed E-state index contributed by atoms with van der Waals surface area (Å²) >= 11 is 0. The SMILES string of the molecule is COC(=O)[C@@H](O[C@H]1CCCCO1)c1ccccc1. The van der Waals surface area contributed by atoms with Crippen LogP contribution in [0.25, 0.3) is 0 Å². The summed E-state index contributed by atoms with van der Waals surface area (Å²) in [6, 6.07) is 9.34. The zero-order chi connectivity index (χ0) is 12.8. The number of carbonyl (C=O) groups excluding carboxylic acids is 1. The molecule has 1 aromatic carbocycles. The average molecular weight is 250 g/mol. The van der Waals surface area contributed by atoms with Gasteiger partial charge in [-0.2, -0.15) is 0 Å². The number of esters is 1. The van der Waals surface area contributed by atoms with E-state index in [0.717, 1.165) is 24.8 Å². The van der Waals surface area contributed by atoms with Gasteiger partial charge in [-0.3, -0.25) is 0 Å². The fraction of sp³-hybridized carbons (Fsp3) is 0.500. The zero-order valence-corrected chi connectivity index (χ0v) is 10.5. The van der Waals surface area contributed by atoms with Crippen molar-refractivity contribution in [1.82, 2.24) is 0 Å². The smallest absolute Gasteiger partial charge is 0.339 e. The predicted molar refractivity (Wildman–Crippen MR) is 65.9 cm³/mol. The molecule has 0 unspecified atom stereocenters. The molecule has 1 fully saturated rings. The fourth-order valence-corrected chi connectivity index (χ4v) is 1.98. The third kappa shape index (κ3) is 3.31. The maximum absolute atomic E-state index is 11.8. The standard InChI is InChI=1S/C14H18O4/c1-16-14(15)13(11-7-3-2-4-8-11)18-12-9-5-6-10-17-12/h2-4,7-8,12-13H,5-6,9-10H2,1H3/t12-,13-/m0/s1. The van der Waals surface area contributed by atoms with Gasteiger partial charge in [0.1, 0.15) is 0 Å². The van der Waals surface area contributed by atoms with Crippen molar-refractivity contribution < 1.29 is 19.0 Å². The van der Waals surface area contributed by atoms with E-state index in [1.165, 1.54) is 7.11 Å². The Labute approximate surface area is 107 Å². The summed E-state index contributed by atoms with van der Waals surface area (Å²) in [4.78, 5) is 11.8. The molecule has 1 saturated heterocycles. The normalized spacial score (nSPS) is 21.3. The van der Waals surface area contributed by atoms with Gasteiger partial charge in [-0.05, 0) is 24.8 Å². The van der Waals surface area contributed by atoms with Gasteiger partial charge in [0.15, 0.2) is 12.4 Å². The summed E-state index contributed by atoms with van der Waals surface area (Å²) < 4.78 is 16.0. The number of methoxy groups -OCH3 is 1. The molecule has 1 aromatic rings. The molecular weight excluding hydrogens is 232 g/mol. The molecule has 2 atom stereocenters. The number of hydrogen-bond donors (Lipinski definition) is 0. The Balaban J connectivity index is 2.07. The van der Waals surface area contributed by atoms with Crippen molar-refractivity contribution in [1.29, 1.82) is 0 Å². The van der Waals surface area contributed by atoms with Crippen LogP contribution in [0.15, 0.2) is 30.3 Å². The van der Waals surface area contributed by atoms with Crippen LogP contribution in [0.1, 0.15) is 30.9 Å². The van der Waals surface area contributed by atoms with Crippen LogP contribution < -0.4 is 0 Å². The number of ether oxygens (including phenoxy) is 3. The lowest BCUT2D eigenvalue weighted by Crippen LogP contribution is -2.28. The van der Waals surface area contributed by atoms with E-state index in [9.17, 15) is 4.79 Å². The van der Waals surface area contributed by atoms with E-state index in [0.29, 0.717) is 6.61 Å². The molecule has 2 rings (SSSR count). The van der Waals surface area contributed by atoms with Crippen molar-refractivity contribution in [3.63, 3.8) is 0 Å². The number of carbonyl (C=O) groups is 1. The lowest BCUT2D eigenvalue weighted by Gasteiger charge is -2.26. The van der Waals surface area contributed by atoms with E-state index in [4.69, 9.17) is 14.2 Å². The molecule has 98 valence electrons. The van der Waals surface area contributed by atoms with Crippen LogP contribution in [0.2, 0.25) is 0 Å². The van der Waals surface area contributed by atoms with Crippen LogP contribution in [0, 0.1) is 0 Å². The second kappa shape index (κ2) is 6.52. The van der Waals surface area contributed by atoms with Gasteiger partial charge in [0.05, 0.1) is 7.11 Å². The quantitative estimate of drug-likeness (QED) is 0.770. The molecule has 0 bridgehead atoms. The van der Waals surface area contributed by atoms with Gasteiger partial charge in [-0.25, -0.2) is 4.79 Å². The highest BCUT2D eigenvalue weighted by atomic mass is 16.7. The molecule has 0 saturated carbocycles. The van der Waals surface area contributed by atoms with Crippen molar-refractivity contribution in [2.45, 2.75) is 31.7 Å². The highest BCUT2D eigenvalue weighted by Gasteiger charge is 2.27. The fourth-order valence-electron chi connectivity index (χ4n) is 1.98. The lowest BCUT2D eigenvalue weighted by molar-refractivity contribution is -0.204. The van der Waals surface area contributed by atoms with E-state index in [1.54, 1.807) is 0 Å². The monoisotopic (exact) mass is 250 g/mol. The van der Waals surface area contributed by atoms with Crippen molar-refractivity contribution in [3.8, 4) is 0 Å². The van der Waals surface area contributed by atoms with E-state index >= 15 is 0 Å². The van der Waals surface area contributed by atoms with E-state index in [-0.39, 0.29) is 6.29 Å². The molecule has 1 aliphatic heterocycles. The van der Waals surface area contributed by atoms with Crippen molar-refractivity contribution in [2.75, 3.05) is 13.7 Å². The predicted octanol–water partition coefficient (Wildman–Crippen LogP) is 2.44. The maximum atomic E-state index is 11.8. The minimum Gasteiger partial charge on any atom is -0.467 e. The molecule has 4 heteroatoms. The number of hydrogen-bond acceptors (Lipinski definition) is 4. The molecule has 0 spiro atoms. The molecule has 1 aliphatic rings. The Morgan fingerprint density at radius 3 is 2.72 bits per heavy atom. The number of benzene rings is 1. The van der Waals surface area contributed by atoms with Gasteiger partial charge in [-0.15, -0.1) is 0 Å². The van der Waals surface area contributed by atoms with Gasteiger partial charge in [-0.1, -0.05) is 30.3 Å². The van der Waals surface area contributed by atoms with Gasteiger partial charge in [0.25, 0.3) is 0 Å². The first kappa shape index (κ1) is 13.1. The minimum absolute atomic E-state index is 0.317. The average Bonchev–Trinajstić information content (AvgIpc) is 2.46. The molecule has 0 radical (unpaired) electrons. The molecule has 0 N–H and O–H groups in total. The molecular formula is C14H18O4. The Bertz CT molecular complexity index is 371. The van der Waals surface area contributed by atoms with Crippen molar-refractivity contribution in [2.24, 2.45) is 0 Å². The van der Waals surface area contributed by atoms with Gasteiger partial charge < -0.3 is 14.2 Å². The maximum Gasteiger partial charge on any atom is 0.339 e. The third-order valence-corrected chi connectivity index (χ3v) is 2.94. The molecule has 4 nitrogen and oxygen atoms in total. The molecule has 18 heavy (non-hydrogen) atoms. The van der Waals surface area contributed by atoms with Crippen molar-refractivity contribution in [3.05, 3.63) is 35.9 Å². The molecule has 1 heterocycles. The summed E-state index contributed by atoms with van der Waals surface area (Å²) in [5.41, 5.74) is 0.790. The van der Waals surface area contributed by atoms with Gasteiger partial charge >= 0.3 is 5.97 Å². The van der Waals surface area contributed by atoms with Gasteiger partial charge in [0, 0.05) is 6.61 Å². The second-order valence-corrected chi connectivity index (χ2v) is 4.25. The van der Waals surface area contributed by atoms with Crippen LogP contribution in [-0.4, -0.2) is 26.0 Å². The van der Waals surface area contributed by atoms with Crippen LogP contribution in [-0.2, 0) is 19.0 Å². The summed E-state index contributed by atoms with van der Waals surface area (Å²) in [7, 11) is 1.36. The van der Waals surface area contributed by atoms with Crippen molar-refractivity contribution >= 4 is 5.97 Å². The highest BCUT2D eigenvalue weighted by Crippen LogP contribution is 2.24. The second-order valence-electron chi connectivity index (χ2n) is 4.25. The van der Waals surface area contributed by atoms with Gasteiger partial charge in [0.2, 0.25) is 0 Å². The lowest BCUT2D eigenvalue weighted by atomic mass is 10.1. The van der Waals surface area contributed by atoms with E-state index < -0.39 is 12.1 Å². The summed E-state index contributed by atoms with van der Waals surface area (Å²) in [6.45, 7) is 0.688. The zero-order valence-electron chi connectivity index (χ0n) is 10.5. The molecule has 0 amide bonds. The Morgan fingerprint density at radius 1 is 1.33 bits per heavy atom. The molecule has 0 aromatic heterocycles. The summed E-state index contributed by atoms with van der Waals surface area (Å²) in [5.74, 6) is -0.393. The first-order valence-electron chi connectivity index (χ1n) is 6.21.